The van der Waals surface area contributed by atoms with Crippen LogP contribution in [-0.4, -0.2) is 25.7 Å². The third-order valence-electron chi connectivity index (χ3n) is 5.14. The van der Waals surface area contributed by atoms with Gasteiger partial charge in [0.05, 0.1) is 5.69 Å². The molecule has 0 aliphatic heterocycles. The lowest BCUT2D eigenvalue weighted by Gasteiger charge is -2.09. The summed E-state index contributed by atoms with van der Waals surface area (Å²) in [5, 5.41) is 9.39. The van der Waals surface area contributed by atoms with Crippen molar-refractivity contribution < 1.29 is 9.53 Å². The quantitative estimate of drug-likeness (QED) is 0.329. The Labute approximate surface area is 200 Å². The van der Waals surface area contributed by atoms with Crippen LogP contribution < -0.4 is 10.1 Å². The van der Waals surface area contributed by atoms with Crippen LogP contribution in [0.5, 0.6) is 11.6 Å². The van der Waals surface area contributed by atoms with Gasteiger partial charge in [0.25, 0.3) is 5.91 Å². The third-order valence-corrected chi connectivity index (χ3v) is 6.06. The first-order valence-corrected chi connectivity index (χ1v) is 11.5. The molecular weight excluding hydrogens is 446 g/mol. The largest absolute Gasteiger partial charge is 0.439 e. The Balaban J connectivity index is 1.24. The van der Waals surface area contributed by atoms with Crippen molar-refractivity contribution in [1.29, 1.82) is 0 Å². The van der Waals surface area contributed by atoms with Crippen LogP contribution in [0.15, 0.2) is 84.5 Å². The molecule has 0 bridgehead atoms. The molecule has 0 unspecified atom stereocenters. The predicted molar refractivity (Wildman–Crippen MR) is 133 cm³/mol. The summed E-state index contributed by atoms with van der Waals surface area (Å²) < 4.78 is 7.62. The summed E-state index contributed by atoms with van der Waals surface area (Å²) in [7, 11) is 0. The SMILES string of the molecule is Cc1cc(C)n(-c2cc(Oc3ccc(NC(=O)c4ccc(-c5cccs5)cc4)cc3)ncn2)n1. The zero-order valence-corrected chi connectivity index (χ0v) is 19.4. The van der Waals surface area contributed by atoms with E-state index in [1.807, 2.05) is 55.6 Å². The van der Waals surface area contributed by atoms with E-state index in [0.717, 1.165) is 17.0 Å². The van der Waals surface area contributed by atoms with Crippen LogP contribution in [0.25, 0.3) is 16.3 Å². The highest BCUT2D eigenvalue weighted by molar-refractivity contribution is 7.13. The van der Waals surface area contributed by atoms with Gasteiger partial charge in [-0.2, -0.15) is 5.10 Å². The van der Waals surface area contributed by atoms with E-state index in [-0.39, 0.29) is 5.91 Å². The number of carbonyl (C=O) groups is 1. The monoisotopic (exact) mass is 467 g/mol. The Morgan fingerprint density at radius 3 is 2.44 bits per heavy atom. The third kappa shape index (κ3) is 4.72. The number of ether oxygens (including phenoxy) is 1. The number of hydrogen-bond donors (Lipinski definition) is 1. The predicted octanol–water partition coefficient (Wildman–Crippen LogP) is 6.05. The summed E-state index contributed by atoms with van der Waals surface area (Å²) >= 11 is 1.67. The fraction of sp³-hybridized carbons (Fsp3) is 0.0769. The van der Waals surface area contributed by atoms with E-state index in [4.69, 9.17) is 4.74 Å². The first kappa shape index (κ1) is 21.5. The van der Waals surface area contributed by atoms with Gasteiger partial charge in [-0.15, -0.1) is 11.3 Å². The molecule has 0 radical (unpaired) electrons. The molecule has 0 saturated carbocycles. The van der Waals surface area contributed by atoms with Gasteiger partial charge in [0.2, 0.25) is 5.88 Å². The Morgan fingerprint density at radius 1 is 0.971 bits per heavy atom. The van der Waals surface area contributed by atoms with Crippen molar-refractivity contribution in [3.63, 3.8) is 0 Å². The van der Waals surface area contributed by atoms with E-state index in [9.17, 15) is 4.79 Å². The zero-order chi connectivity index (χ0) is 23.5. The number of rotatable bonds is 6. The average molecular weight is 468 g/mol. The van der Waals surface area contributed by atoms with Crippen LogP contribution in [0.3, 0.4) is 0 Å². The molecule has 8 heteroatoms. The topological polar surface area (TPSA) is 81.9 Å². The van der Waals surface area contributed by atoms with Crippen molar-refractivity contribution in [1.82, 2.24) is 19.7 Å². The lowest BCUT2D eigenvalue weighted by molar-refractivity contribution is 0.102. The number of hydrogen-bond acceptors (Lipinski definition) is 6. The molecule has 7 nitrogen and oxygen atoms in total. The highest BCUT2D eigenvalue weighted by Crippen LogP contribution is 2.26. The Morgan fingerprint density at radius 2 is 1.76 bits per heavy atom. The Kier molecular flexibility index (Phi) is 5.88. The molecule has 1 N–H and O–H groups in total. The van der Waals surface area contributed by atoms with E-state index in [1.165, 1.54) is 11.2 Å². The maximum atomic E-state index is 12.6. The first-order valence-electron chi connectivity index (χ1n) is 10.6. The molecule has 1 amide bonds. The van der Waals surface area contributed by atoms with E-state index >= 15 is 0 Å². The van der Waals surface area contributed by atoms with Gasteiger partial charge in [-0.3, -0.25) is 4.79 Å². The van der Waals surface area contributed by atoms with Crippen LogP contribution in [0.2, 0.25) is 0 Å². The van der Waals surface area contributed by atoms with Crippen LogP contribution in [0, 0.1) is 13.8 Å². The maximum Gasteiger partial charge on any atom is 0.255 e. The maximum absolute atomic E-state index is 12.6. The van der Waals surface area contributed by atoms with Gasteiger partial charge < -0.3 is 10.1 Å². The Hall–Kier alpha value is -4.30. The van der Waals surface area contributed by atoms with Gasteiger partial charge in [-0.1, -0.05) is 18.2 Å². The summed E-state index contributed by atoms with van der Waals surface area (Å²) in [5.74, 6) is 1.46. The average Bonchev–Trinajstić information content (AvgIpc) is 3.50. The van der Waals surface area contributed by atoms with Gasteiger partial charge in [-0.05, 0) is 73.3 Å². The summed E-state index contributed by atoms with van der Waals surface area (Å²) in [6.45, 7) is 3.90. The molecule has 0 saturated heterocycles. The summed E-state index contributed by atoms with van der Waals surface area (Å²) in [6, 6.07) is 22.5. The smallest absolute Gasteiger partial charge is 0.255 e. The van der Waals surface area contributed by atoms with Crippen molar-refractivity contribution in [3.8, 4) is 27.9 Å². The molecule has 5 rings (SSSR count). The number of aryl methyl sites for hydroxylation is 2. The number of benzene rings is 2. The number of amides is 1. The minimum absolute atomic E-state index is 0.170. The van der Waals surface area contributed by atoms with Gasteiger partial charge in [-0.25, -0.2) is 14.6 Å². The van der Waals surface area contributed by atoms with Crippen LogP contribution in [0.4, 0.5) is 5.69 Å². The molecule has 0 spiro atoms. The normalized spacial score (nSPS) is 10.8. The minimum Gasteiger partial charge on any atom is -0.439 e. The van der Waals surface area contributed by atoms with Crippen molar-refractivity contribution >= 4 is 22.9 Å². The van der Waals surface area contributed by atoms with Gasteiger partial charge in [0.15, 0.2) is 5.82 Å². The van der Waals surface area contributed by atoms with E-state index in [2.05, 4.69) is 26.4 Å². The van der Waals surface area contributed by atoms with E-state index < -0.39 is 0 Å². The number of thiophene rings is 1. The van der Waals surface area contributed by atoms with Crippen molar-refractivity contribution in [2.24, 2.45) is 0 Å². The zero-order valence-electron chi connectivity index (χ0n) is 18.6. The molecule has 3 aromatic heterocycles. The fourth-order valence-corrected chi connectivity index (χ4v) is 4.25. The van der Waals surface area contributed by atoms with Gasteiger partial charge in [0, 0.05) is 27.9 Å². The molecule has 2 aromatic carbocycles. The number of nitrogens with zero attached hydrogens (tertiary/aromatic N) is 4. The summed E-state index contributed by atoms with van der Waals surface area (Å²) in [4.78, 5) is 22.3. The summed E-state index contributed by atoms with van der Waals surface area (Å²) in [5.41, 5.74) is 4.25. The molecule has 34 heavy (non-hydrogen) atoms. The highest BCUT2D eigenvalue weighted by atomic mass is 32.1. The molecule has 0 aliphatic carbocycles. The second-order valence-corrected chi connectivity index (χ2v) is 8.64. The highest BCUT2D eigenvalue weighted by Gasteiger charge is 2.10. The van der Waals surface area contributed by atoms with Gasteiger partial charge in [0.1, 0.15) is 12.1 Å². The molecule has 3 heterocycles. The molecule has 0 atom stereocenters. The number of carbonyl (C=O) groups excluding carboxylic acids is 1. The molecule has 168 valence electrons. The van der Waals surface area contributed by atoms with Gasteiger partial charge >= 0.3 is 0 Å². The van der Waals surface area contributed by atoms with Crippen molar-refractivity contribution in [3.05, 3.63) is 101 Å². The molecular formula is C26H21N5O2S. The lowest BCUT2D eigenvalue weighted by Crippen LogP contribution is -2.11. The van der Waals surface area contributed by atoms with Crippen molar-refractivity contribution in [2.45, 2.75) is 13.8 Å². The van der Waals surface area contributed by atoms with E-state index in [0.29, 0.717) is 28.7 Å². The number of anilines is 1. The van der Waals surface area contributed by atoms with Crippen LogP contribution in [0.1, 0.15) is 21.7 Å². The number of aromatic nitrogens is 4. The lowest BCUT2D eigenvalue weighted by atomic mass is 10.1. The van der Waals surface area contributed by atoms with Crippen LogP contribution >= 0.6 is 11.3 Å². The second kappa shape index (κ2) is 9.29. The van der Waals surface area contributed by atoms with Crippen LogP contribution in [-0.2, 0) is 0 Å². The second-order valence-electron chi connectivity index (χ2n) is 7.69. The van der Waals surface area contributed by atoms with Crippen molar-refractivity contribution in [2.75, 3.05) is 5.32 Å². The fourth-order valence-electron chi connectivity index (χ4n) is 3.52. The van der Waals surface area contributed by atoms with E-state index in [1.54, 1.807) is 46.4 Å². The standard InChI is InChI=1S/C26H21N5O2S/c1-17-14-18(2)31(30-17)24-15-25(28-16-27-24)33-22-11-9-21(10-12-22)29-26(32)20-7-5-19(6-8-20)23-4-3-13-34-23/h3-16H,1-2H3,(H,29,32). The molecule has 0 aliphatic rings. The minimum atomic E-state index is -0.170. The first-order chi connectivity index (χ1) is 16.5. The summed E-state index contributed by atoms with van der Waals surface area (Å²) in [6.07, 6.45) is 1.44. The molecule has 0 fully saturated rings. The Bertz CT molecular complexity index is 1430. The molecule has 5 aromatic rings. The number of nitrogens with one attached hydrogen (secondary N) is 1.